The number of hydrogen-bond acceptors (Lipinski definition) is 5. The van der Waals surface area contributed by atoms with Crippen LogP contribution in [0.3, 0.4) is 0 Å². The largest absolute Gasteiger partial charge is 0.357 e. The van der Waals surface area contributed by atoms with Gasteiger partial charge in [-0.1, -0.05) is 0 Å². The number of amides is 1. The van der Waals surface area contributed by atoms with Gasteiger partial charge >= 0.3 is 0 Å². The number of rotatable bonds is 5. The Balaban J connectivity index is 0.00000320. The molecule has 170 valence electrons. The predicted molar refractivity (Wildman–Crippen MR) is 128 cm³/mol. The van der Waals surface area contributed by atoms with Gasteiger partial charge < -0.3 is 15.1 Å². The highest BCUT2D eigenvalue weighted by Gasteiger charge is 2.28. The van der Waals surface area contributed by atoms with E-state index in [1.54, 1.807) is 15.8 Å². The average Bonchev–Trinajstić information content (AvgIpc) is 3.10. The first-order valence-corrected chi connectivity index (χ1v) is 11.9. The monoisotopic (exact) mass is 553 g/mol. The number of nitrogens with zero attached hydrogens (tertiary/aromatic N) is 6. The highest BCUT2D eigenvalue weighted by Crippen LogP contribution is 2.20. The summed E-state index contributed by atoms with van der Waals surface area (Å²) in [6.07, 6.45) is 6.43. The van der Waals surface area contributed by atoms with Gasteiger partial charge in [0.2, 0.25) is 15.9 Å². The van der Waals surface area contributed by atoms with Crippen molar-refractivity contribution >= 4 is 51.6 Å². The van der Waals surface area contributed by atoms with E-state index >= 15 is 0 Å². The molecule has 1 amide bonds. The number of piperidine rings is 1. The Morgan fingerprint density at radius 2 is 1.97 bits per heavy atom. The molecule has 0 bridgehead atoms. The maximum absolute atomic E-state index is 12.7. The number of hydrogen-bond donors (Lipinski definition) is 1. The molecule has 3 heterocycles. The molecule has 1 aromatic heterocycles. The smallest absolute Gasteiger partial charge is 0.246 e. The summed E-state index contributed by atoms with van der Waals surface area (Å²) in [4.78, 5) is 21.2. The van der Waals surface area contributed by atoms with Crippen LogP contribution in [0.15, 0.2) is 17.4 Å². The summed E-state index contributed by atoms with van der Waals surface area (Å²) >= 11 is 0. The van der Waals surface area contributed by atoms with E-state index in [9.17, 15) is 13.2 Å². The van der Waals surface area contributed by atoms with Crippen LogP contribution in [0.4, 0.5) is 5.69 Å². The van der Waals surface area contributed by atoms with Crippen molar-refractivity contribution in [1.82, 2.24) is 24.3 Å². The number of guanidine groups is 1. The highest BCUT2D eigenvalue weighted by molar-refractivity contribution is 14.0. The van der Waals surface area contributed by atoms with Gasteiger partial charge in [-0.15, -0.1) is 24.0 Å². The molecule has 10 nitrogen and oxygen atoms in total. The third-order valence-electron chi connectivity index (χ3n) is 5.40. The lowest BCUT2D eigenvalue weighted by Crippen LogP contribution is -2.55. The van der Waals surface area contributed by atoms with Gasteiger partial charge in [0.1, 0.15) is 6.54 Å². The first kappa shape index (κ1) is 24.9. The number of nitrogens with one attached hydrogen (secondary N) is 1. The normalized spacial score (nSPS) is 19.7. The van der Waals surface area contributed by atoms with Gasteiger partial charge in [0.05, 0.1) is 18.1 Å². The van der Waals surface area contributed by atoms with E-state index in [1.165, 1.54) is 10.6 Å². The second-order valence-electron chi connectivity index (χ2n) is 7.64. The summed E-state index contributed by atoms with van der Waals surface area (Å²) < 4.78 is 26.5. The molecule has 0 aliphatic carbocycles. The van der Waals surface area contributed by atoms with Crippen molar-refractivity contribution in [2.24, 2.45) is 18.0 Å². The van der Waals surface area contributed by atoms with Gasteiger partial charge in [-0.2, -0.15) is 5.10 Å². The molecule has 1 N–H and O–H groups in total. The zero-order valence-corrected chi connectivity index (χ0v) is 21.0. The molecule has 0 saturated carbocycles. The summed E-state index contributed by atoms with van der Waals surface area (Å²) in [5.41, 5.74) is 0.816. The molecule has 2 aliphatic heterocycles. The van der Waals surface area contributed by atoms with Crippen LogP contribution in [0.2, 0.25) is 0 Å². The minimum absolute atomic E-state index is 0. The Kier molecular flexibility index (Phi) is 8.91. The van der Waals surface area contributed by atoms with Gasteiger partial charge in [0.25, 0.3) is 0 Å². The topological polar surface area (TPSA) is 103 Å². The van der Waals surface area contributed by atoms with E-state index in [0.29, 0.717) is 38.6 Å². The molecule has 0 unspecified atom stereocenters. The molecule has 0 spiro atoms. The standard InChI is InChI=1S/C18H31N7O3S.HI/c1-4-19-18(20-11-15-5-7-24(8-6-15)29(3,27)28)23-9-10-25(17(26)14-23)16-12-21-22(2)13-16;/h12-13,15H,4-11,14H2,1-3H3,(H,19,20);1H. The number of piperazine rings is 1. The van der Waals surface area contributed by atoms with Crippen LogP contribution in [0.1, 0.15) is 19.8 Å². The number of carbonyl (C=O) groups is 1. The highest BCUT2D eigenvalue weighted by atomic mass is 127. The van der Waals surface area contributed by atoms with E-state index in [2.05, 4.69) is 10.4 Å². The summed E-state index contributed by atoms with van der Waals surface area (Å²) in [6.45, 7) is 6.02. The SMILES string of the molecule is CCNC(=NCC1CCN(S(C)(=O)=O)CC1)N1CCN(c2cnn(C)c2)C(=O)C1.I. The lowest BCUT2D eigenvalue weighted by molar-refractivity contribution is -0.120. The number of aryl methyl sites for hydroxylation is 1. The summed E-state index contributed by atoms with van der Waals surface area (Å²) in [6, 6.07) is 0. The number of anilines is 1. The van der Waals surface area contributed by atoms with Crippen molar-refractivity contribution in [3.8, 4) is 0 Å². The first-order chi connectivity index (χ1) is 13.8. The van der Waals surface area contributed by atoms with E-state index < -0.39 is 10.0 Å². The van der Waals surface area contributed by atoms with Crippen LogP contribution >= 0.6 is 24.0 Å². The van der Waals surface area contributed by atoms with Crippen molar-refractivity contribution in [3.05, 3.63) is 12.4 Å². The van der Waals surface area contributed by atoms with Gasteiger partial charge in [-0.05, 0) is 25.7 Å². The maximum Gasteiger partial charge on any atom is 0.246 e. The van der Waals surface area contributed by atoms with E-state index in [1.807, 2.05) is 25.1 Å². The lowest BCUT2D eigenvalue weighted by Gasteiger charge is -2.35. The second-order valence-corrected chi connectivity index (χ2v) is 9.62. The molecule has 30 heavy (non-hydrogen) atoms. The average molecular weight is 553 g/mol. The summed E-state index contributed by atoms with van der Waals surface area (Å²) in [7, 11) is -1.28. The van der Waals surface area contributed by atoms with Crippen molar-refractivity contribution in [3.63, 3.8) is 0 Å². The lowest BCUT2D eigenvalue weighted by atomic mass is 9.98. The van der Waals surface area contributed by atoms with Gasteiger partial charge in [-0.3, -0.25) is 14.5 Å². The van der Waals surface area contributed by atoms with Crippen LogP contribution in [-0.4, -0.2) is 91.3 Å². The quantitative estimate of drug-likeness (QED) is 0.320. The molecular weight excluding hydrogens is 521 g/mol. The van der Waals surface area contributed by atoms with E-state index in [-0.39, 0.29) is 36.4 Å². The van der Waals surface area contributed by atoms with Gasteiger partial charge in [0.15, 0.2) is 5.96 Å². The van der Waals surface area contributed by atoms with Crippen molar-refractivity contribution in [2.45, 2.75) is 19.8 Å². The molecular formula is C18H32IN7O3S. The Labute approximate surface area is 195 Å². The van der Waals surface area contributed by atoms with E-state index in [0.717, 1.165) is 31.0 Å². The summed E-state index contributed by atoms with van der Waals surface area (Å²) in [5.74, 6) is 1.13. The molecule has 12 heteroatoms. The molecule has 2 fully saturated rings. The van der Waals surface area contributed by atoms with Crippen LogP contribution in [0.5, 0.6) is 0 Å². The molecule has 3 rings (SSSR count). The Hall–Kier alpha value is -1.41. The second kappa shape index (κ2) is 10.8. The zero-order chi connectivity index (χ0) is 21.0. The van der Waals surface area contributed by atoms with Crippen molar-refractivity contribution < 1.29 is 13.2 Å². The number of sulfonamides is 1. The molecule has 0 aromatic carbocycles. The van der Waals surface area contributed by atoms with Crippen LogP contribution in [0, 0.1) is 5.92 Å². The number of halogens is 1. The fourth-order valence-corrected chi connectivity index (χ4v) is 4.61. The fourth-order valence-electron chi connectivity index (χ4n) is 3.74. The van der Waals surface area contributed by atoms with Crippen molar-refractivity contribution in [1.29, 1.82) is 0 Å². The van der Waals surface area contributed by atoms with E-state index in [4.69, 9.17) is 4.99 Å². The molecule has 0 radical (unpaired) electrons. The van der Waals surface area contributed by atoms with Crippen LogP contribution in [0.25, 0.3) is 0 Å². The third-order valence-corrected chi connectivity index (χ3v) is 6.70. The molecule has 0 atom stereocenters. The minimum Gasteiger partial charge on any atom is -0.357 e. The maximum atomic E-state index is 12.7. The van der Waals surface area contributed by atoms with Crippen molar-refractivity contribution in [2.75, 3.05) is 57.0 Å². The van der Waals surface area contributed by atoms with Crippen LogP contribution in [-0.2, 0) is 21.9 Å². The Morgan fingerprint density at radius 1 is 1.27 bits per heavy atom. The van der Waals surface area contributed by atoms with Gasteiger partial charge in [-0.25, -0.2) is 12.7 Å². The Morgan fingerprint density at radius 3 is 2.50 bits per heavy atom. The first-order valence-electron chi connectivity index (χ1n) is 10.0. The molecule has 2 saturated heterocycles. The van der Waals surface area contributed by atoms with Crippen LogP contribution < -0.4 is 10.2 Å². The number of aliphatic imine (C=N–C) groups is 1. The molecule has 1 aromatic rings. The number of carbonyl (C=O) groups excluding carboxylic acids is 1. The minimum atomic E-state index is -3.11. The fraction of sp³-hybridized carbons (Fsp3) is 0.722. The zero-order valence-electron chi connectivity index (χ0n) is 17.8. The van der Waals surface area contributed by atoms with Gasteiger partial charge in [0, 0.05) is 52.5 Å². The number of aromatic nitrogens is 2. The summed E-state index contributed by atoms with van der Waals surface area (Å²) in [5, 5.41) is 7.43. The molecule has 2 aliphatic rings. The Bertz CT molecular complexity index is 850. The predicted octanol–water partition coefficient (Wildman–Crippen LogP) is 0.324. The third kappa shape index (κ3) is 6.30.